The SMILES string of the molecule is CCOCCOC1CCC(O)C1. The zero-order valence-electron chi connectivity index (χ0n) is 7.66. The average molecular weight is 174 g/mol. The molecule has 1 rings (SSSR count). The van der Waals surface area contributed by atoms with Gasteiger partial charge in [-0.2, -0.15) is 0 Å². The van der Waals surface area contributed by atoms with Gasteiger partial charge in [-0.05, 0) is 26.2 Å². The van der Waals surface area contributed by atoms with Gasteiger partial charge in [0.25, 0.3) is 0 Å². The maximum Gasteiger partial charge on any atom is 0.0704 e. The van der Waals surface area contributed by atoms with Crippen LogP contribution in [0.5, 0.6) is 0 Å². The summed E-state index contributed by atoms with van der Waals surface area (Å²) in [5, 5.41) is 9.19. The van der Waals surface area contributed by atoms with E-state index in [0.29, 0.717) is 13.2 Å². The Morgan fingerprint density at radius 2 is 2.17 bits per heavy atom. The van der Waals surface area contributed by atoms with Gasteiger partial charge in [0.1, 0.15) is 0 Å². The number of rotatable bonds is 5. The van der Waals surface area contributed by atoms with Gasteiger partial charge in [-0.15, -0.1) is 0 Å². The summed E-state index contributed by atoms with van der Waals surface area (Å²) in [4.78, 5) is 0. The Bertz CT molecular complexity index is 116. The molecule has 3 nitrogen and oxygen atoms in total. The minimum absolute atomic E-state index is 0.137. The Labute approximate surface area is 73.7 Å². The topological polar surface area (TPSA) is 38.7 Å². The third-order valence-corrected chi connectivity index (χ3v) is 2.14. The van der Waals surface area contributed by atoms with Crippen molar-refractivity contribution in [2.24, 2.45) is 0 Å². The van der Waals surface area contributed by atoms with Crippen molar-refractivity contribution >= 4 is 0 Å². The van der Waals surface area contributed by atoms with Gasteiger partial charge in [-0.3, -0.25) is 0 Å². The third-order valence-electron chi connectivity index (χ3n) is 2.14. The van der Waals surface area contributed by atoms with E-state index in [1.807, 2.05) is 6.92 Å². The summed E-state index contributed by atoms with van der Waals surface area (Å²) in [5.41, 5.74) is 0. The van der Waals surface area contributed by atoms with Crippen LogP contribution < -0.4 is 0 Å². The molecular formula is C9H18O3. The van der Waals surface area contributed by atoms with Gasteiger partial charge < -0.3 is 14.6 Å². The summed E-state index contributed by atoms with van der Waals surface area (Å²) in [6.07, 6.45) is 2.81. The highest BCUT2D eigenvalue weighted by atomic mass is 16.5. The first-order valence-electron chi connectivity index (χ1n) is 4.70. The molecule has 3 heteroatoms. The van der Waals surface area contributed by atoms with Gasteiger partial charge >= 0.3 is 0 Å². The van der Waals surface area contributed by atoms with Crippen LogP contribution in [0.2, 0.25) is 0 Å². The molecule has 1 aliphatic carbocycles. The highest BCUT2D eigenvalue weighted by Gasteiger charge is 2.22. The van der Waals surface area contributed by atoms with E-state index in [1.54, 1.807) is 0 Å². The first kappa shape index (κ1) is 9.96. The van der Waals surface area contributed by atoms with Crippen molar-refractivity contribution in [3.05, 3.63) is 0 Å². The van der Waals surface area contributed by atoms with Gasteiger partial charge in [-0.25, -0.2) is 0 Å². The smallest absolute Gasteiger partial charge is 0.0704 e. The lowest BCUT2D eigenvalue weighted by Gasteiger charge is -2.10. The van der Waals surface area contributed by atoms with E-state index in [2.05, 4.69) is 0 Å². The Morgan fingerprint density at radius 1 is 1.33 bits per heavy atom. The molecule has 0 aromatic heterocycles. The zero-order valence-corrected chi connectivity index (χ0v) is 7.66. The maximum atomic E-state index is 9.19. The van der Waals surface area contributed by atoms with Crippen LogP contribution in [0, 0.1) is 0 Å². The Hall–Kier alpha value is -0.120. The van der Waals surface area contributed by atoms with Crippen LogP contribution in [0.1, 0.15) is 26.2 Å². The molecule has 0 bridgehead atoms. The number of aliphatic hydroxyl groups excluding tert-OH is 1. The van der Waals surface area contributed by atoms with Crippen molar-refractivity contribution in [2.75, 3.05) is 19.8 Å². The summed E-state index contributed by atoms with van der Waals surface area (Å²) in [5.74, 6) is 0. The molecule has 0 amide bonds. The molecule has 0 saturated heterocycles. The Morgan fingerprint density at radius 3 is 2.75 bits per heavy atom. The van der Waals surface area contributed by atoms with E-state index in [4.69, 9.17) is 9.47 Å². The van der Waals surface area contributed by atoms with Crippen molar-refractivity contribution in [1.82, 2.24) is 0 Å². The van der Waals surface area contributed by atoms with E-state index in [-0.39, 0.29) is 12.2 Å². The fraction of sp³-hybridized carbons (Fsp3) is 1.00. The standard InChI is InChI=1S/C9H18O3/c1-2-11-5-6-12-9-4-3-8(10)7-9/h8-10H,2-7H2,1H3. The van der Waals surface area contributed by atoms with Crippen LogP contribution in [0.25, 0.3) is 0 Å². The van der Waals surface area contributed by atoms with E-state index < -0.39 is 0 Å². The van der Waals surface area contributed by atoms with Crippen molar-refractivity contribution in [1.29, 1.82) is 0 Å². The number of ether oxygens (including phenoxy) is 2. The highest BCUT2D eigenvalue weighted by Crippen LogP contribution is 2.21. The predicted octanol–water partition coefficient (Wildman–Crippen LogP) is 0.953. The van der Waals surface area contributed by atoms with Crippen LogP contribution in [-0.2, 0) is 9.47 Å². The van der Waals surface area contributed by atoms with Crippen molar-refractivity contribution in [3.63, 3.8) is 0 Å². The van der Waals surface area contributed by atoms with Gasteiger partial charge in [0.05, 0.1) is 25.4 Å². The third kappa shape index (κ3) is 3.52. The number of hydrogen-bond donors (Lipinski definition) is 1. The molecule has 1 aliphatic rings. The lowest BCUT2D eigenvalue weighted by Crippen LogP contribution is -2.14. The summed E-state index contributed by atoms with van der Waals surface area (Å²) in [7, 11) is 0. The number of hydrogen-bond acceptors (Lipinski definition) is 3. The molecule has 12 heavy (non-hydrogen) atoms. The zero-order chi connectivity index (χ0) is 8.81. The quantitative estimate of drug-likeness (QED) is 0.631. The summed E-state index contributed by atoms with van der Waals surface area (Å²) >= 11 is 0. The molecule has 1 fully saturated rings. The summed E-state index contributed by atoms with van der Waals surface area (Å²) in [6.45, 7) is 4.05. The molecule has 1 N–H and O–H groups in total. The Balaban J connectivity index is 1.93. The first-order valence-corrected chi connectivity index (χ1v) is 4.70. The molecule has 0 spiro atoms. The van der Waals surface area contributed by atoms with Crippen molar-refractivity contribution < 1.29 is 14.6 Å². The fourth-order valence-electron chi connectivity index (χ4n) is 1.49. The highest BCUT2D eigenvalue weighted by molar-refractivity contribution is 4.74. The maximum absolute atomic E-state index is 9.19. The van der Waals surface area contributed by atoms with Crippen LogP contribution in [0.15, 0.2) is 0 Å². The molecule has 0 aromatic rings. The molecule has 2 unspecified atom stereocenters. The average Bonchev–Trinajstić information content (AvgIpc) is 2.45. The van der Waals surface area contributed by atoms with E-state index >= 15 is 0 Å². The monoisotopic (exact) mass is 174 g/mol. The van der Waals surface area contributed by atoms with Crippen LogP contribution in [0.3, 0.4) is 0 Å². The van der Waals surface area contributed by atoms with Crippen molar-refractivity contribution in [2.45, 2.75) is 38.4 Å². The molecular weight excluding hydrogens is 156 g/mol. The van der Waals surface area contributed by atoms with E-state index in [9.17, 15) is 5.11 Å². The molecule has 0 aliphatic heterocycles. The molecule has 0 heterocycles. The second-order valence-electron chi connectivity index (χ2n) is 3.16. The second kappa shape index (κ2) is 5.51. The van der Waals surface area contributed by atoms with Gasteiger partial charge in [0.15, 0.2) is 0 Å². The predicted molar refractivity (Wildman–Crippen MR) is 46.1 cm³/mol. The van der Waals surface area contributed by atoms with Gasteiger partial charge in [0, 0.05) is 6.61 Å². The van der Waals surface area contributed by atoms with E-state index in [1.165, 1.54) is 0 Å². The summed E-state index contributed by atoms with van der Waals surface area (Å²) < 4.78 is 10.6. The lowest BCUT2D eigenvalue weighted by atomic mass is 10.3. The normalized spacial score (nSPS) is 29.5. The minimum atomic E-state index is -0.137. The Kier molecular flexibility index (Phi) is 4.58. The van der Waals surface area contributed by atoms with Gasteiger partial charge in [-0.1, -0.05) is 0 Å². The number of aliphatic hydroxyl groups is 1. The van der Waals surface area contributed by atoms with Crippen LogP contribution in [0.4, 0.5) is 0 Å². The minimum Gasteiger partial charge on any atom is -0.393 e. The molecule has 2 atom stereocenters. The molecule has 0 radical (unpaired) electrons. The molecule has 0 aromatic carbocycles. The largest absolute Gasteiger partial charge is 0.393 e. The van der Waals surface area contributed by atoms with E-state index in [0.717, 1.165) is 25.9 Å². The molecule has 72 valence electrons. The lowest BCUT2D eigenvalue weighted by molar-refractivity contribution is 0.00547. The summed E-state index contributed by atoms with van der Waals surface area (Å²) in [6, 6.07) is 0. The second-order valence-corrected chi connectivity index (χ2v) is 3.16. The van der Waals surface area contributed by atoms with Crippen LogP contribution in [-0.4, -0.2) is 37.1 Å². The van der Waals surface area contributed by atoms with Crippen molar-refractivity contribution in [3.8, 4) is 0 Å². The fourth-order valence-corrected chi connectivity index (χ4v) is 1.49. The molecule has 1 saturated carbocycles. The van der Waals surface area contributed by atoms with Gasteiger partial charge in [0.2, 0.25) is 0 Å². The van der Waals surface area contributed by atoms with Crippen LogP contribution >= 0.6 is 0 Å². The first-order chi connectivity index (χ1) is 5.83.